The Morgan fingerprint density at radius 3 is 1.81 bits per heavy atom. The number of nitrogens with zero attached hydrogens (tertiary/aromatic N) is 4. The third-order valence-corrected chi connectivity index (χ3v) is 12.5. The van der Waals surface area contributed by atoms with Crippen molar-refractivity contribution in [3.63, 3.8) is 0 Å². The quantitative estimate of drug-likeness (QED) is 0.144. The van der Waals surface area contributed by atoms with Crippen LogP contribution in [-0.4, -0.2) is 19.1 Å². The topological polar surface area (TPSA) is 35.6 Å². The molecule has 0 bridgehead atoms. The van der Waals surface area contributed by atoms with Crippen LogP contribution < -0.4 is 0 Å². The van der Waals surface area contributed by atoms with Gasteiger partial charge in [0.1, 0.15) is 0 Å². The van der Waals surface area contributed by atoms with Gasteiger partial charge in [0.05, 0.1) is 27.8 Å². The Morgan fingerprint density at radius 2 is 1.03 bits per heavy atom. The Hall–Kier alpha value is -8.08. The van der Waals surface area contributed by atoms with Gasteiger partial charge in [0, 0.05) is 38.5 Å². The standard InChI is InChI=1S/C58H40N4/c1-2-3-18-44-36-52(43-30-29-40-33-39(27-28-41(40)34-43)38-16-6-4-7-17-38)60-58(59-44)62-53-25-14-12-22-47(53)48-32-31-42(35-55(48)62)51-37-56-57(49-23-11-10-21-46(49)51)50-24-13-15-26-54(50)61(56)45-19-8-5-9-20-45/h2,4-17,19-37H,1,3,18H2. The van der Waals surface area contributed by atoms with Crippen molar-refractivity contribution < 1.29 is 0 Å². The molecule has 3 heterocycles. The van der Waals surface area contributed by atoms with E-state index in [2.05, 4.69) is 216 Å². The monoisotopic (exact) mass is 792 g/mol. The first-order valence-corrected chi connectivity index (χ1v) is 21.3. The number of benzene rings is 9. The summed E-state index contributed by atoms with van der Waals surface area (Å²) in [7, 11) is 0. The van der Waals surface area contributed by atoms with Crippen molar-refractivity contribution in [2.75, 3.05) is 0 Å². The molecule has 9 aromatic carbocycles. The Balaban J connectivity index is 1.07. The summed E-state index contributed by atoms with van der Waals surface area (Å²) < 4.78 is 4.68. The highest BCUT2D eigenvalue weighted by molar-refractivity contribution is 6.24. The minimum atomic E-state index is 0.661. The smallest absolute Gasteiger partial charge is 0.235 e. The molecule has 292 valence electrons. The van der Waals surface area contributed by atoms with Crippen LogP contribution in [0.4, 0.5) is 0 Å². The van der Waals surface area contributed by atoms with Crippen LogP contribution in [0.1, 0.15) is 12.1 Å². The first-order valence-electron chi connectivity index (χ1n) is 21.3. The summed E-state index contributed by atoms with van der Waals surface area (Å²) in [4.78, 5) is 10.7. The molecule has 4 heteroatoms. The van der Waals surface area contributed by atoms with E-state index in [0.717, 1.165) is 57.5 Å². The lowest BCUT2D eigenvalue weighted by atomic mass is 9.94. The highest BCUT2D eigenvalue weighted by atomic mass is 15.2. The molecule has 0 radical (unpaired) electrons. The second-order valence-corrected chi connectivity index (χ2v) is 16.2. The highest BCUT2D eigenvalue weighted by Crippen LogP contribution is 2.43. The minimum absolute atomic E-state index is 0.661. The van der Waals surface area contributed by atoms with E-state index in [1.165, 1.54) is 65.4 Å². The molecule has 0 saturated carbocycles. The van der Waals surface area contributed by atoms with E-state index in [1.807, 2.05) is 6.08 Å². The van der Waals surface area contributed by atoms with Crippen LogP contribution in [-0.2, 0) is 6.42 Å². The van der Waals surface area contributed by atoms with Gasteiger partial charge >= 0.3 is 0 Å². The van der Waals surface area contributed by atoms with Gasteiger partial charge < -0.3 is 4.57 Å². The molecule has 0 aliphatic heterocycles. The molecule has 12 rings (SSSR count). The summed E-state index contributed by atoms with van der Waals surface area (Å²) in [5, 5.41) is 9.66. The molecule has 12 aromatic rings. The van der Waals surface area contributed by atoms with Gasteiger partial charge in [-0.3, -0.25) is 4.57 Å². The zero-order chi connectivity index (χ0) is 41.1. The summed E-state index contributed by atoms with van der Waals surface area (Å²) in [6.45, 7) is 4.04. The maximum Gasteiger partial charge on any atom is 0.235 e. The van der Waals surface area contributed by atoms with E-state index in [1.54, 1.807) is 0 Å². The summed E-state index contributed by atoms with van der Waals surface area (Å²) >= 11 is 0. The SMILES string of the molecule is C=CCCc1cc(-c2ccc3cc(-c4ccccc4)ccc3c2)nc(-n2c3ccccc3c3ccc(-c4cc5c(c6ccccc46)c4ccccc4n5-c4ccccc4)cc32)n1. The Labute approximate surface area is 359 Å². The van der Waals surface area contributed by atoms with Gasteiger partial charge in [-0.2, -0.15) is 0 Å². The van der Waals surface area contributed by atoms with E-state index in [9.17, 15) is 0 Å². The summed E-state index contributed by atoms with van der Waals surface area (Å²) in [5.74, 6) is 0.661. The molecule has 0 aliphatic rings. The lowest BCUT2D eigenvalue weighted by Gasteiger charge is -2.14. The van der Waals surface area contributed by atoms with Gasteiger partial charge in [0.15, 0.2) is 0 Å². The maximum atomic E-state index is 5.41. The number of aryl methyl sites for hydroxylation is 1. The normalized spacial score (nSPS) is 11.7. The Kier molecular flexibility index (Phi) is 8.42. The molecular formula is C58H40N4. The molecule has 0 N–H and O–H groups in total. The predicted octanol–water partition coefficient (Wildman–Crippen LogP) is 15.1. The molecule has 0 fully saturated rings. The maximum absolute atomic E-state index is 5.41. The second-order valence-electron chi connectivity index (χ2n) is 16.2. The van der Waals surface area contributed by atoms with Gasteiger partial charge in [-0.05, 0) is 111 Å². The number of aromatic nitrogens is 4. The van der Waals surface area contributed by atoms with Crippen LogP contribution in [0.25, 0.3) is 110 Å². The molecular weight excluding hydrogens is 753 g/mol. The zero-order valence-corrected chi connectivity index (χ0v) is 34.0. The van der Waals surface area contributed by atoms with Gasteiger partial charge in [-0.25, -0.2) is 9.97 Å². The molecule has 3 aromatic heterocycles. The van der Waals surface area contributed by atoms with Crippen molar-refractivity contribution in [2.24, 2.45) is 0 Å². The number of hydrogen-bond donors (Lipinski definition) is 0. The largest absolute Gasteiger partial charge is 0.309 e. The van der Waals surface area contributed by atoms with Crippen LogP contribution in [0.5, 0.6) is 0 Å². The first kappa shape index (κ1) is 35.8. The molecule has 0 saturated heterocycles. The van der Waals surface area contributed by atoms with Crippen LogP contribution in [0.3, 0.4) is 0 Å². The van der Waals surface area contributed by atoms with Gasteiger partial charge in [-0.1, -0.05) is 152 Å². The van der Waals surface area contributed by atoms with E-state index < -0.39 is 0 Å². The van der Waals surface area contributed by atoms with Gasteiger partial charge in [0.25, 0.3) is 0 Å². The van der Waals surface area contributed by atoms with Crippen LogP contribution in [0.2, 0.25) is 0 Å². The average molecular weight is 793 g/mol. The first-order chi connectivity index (χ1) is 30.7. The minimum Gasteiger partial charge on any atom is -0.309 e. The van der Waals surface area contributed by atoms with Crippen LogP contribution in [0, 0.1) is 0 Å². The van der Waals surface area contributed by atoms with Crippen LogP contribution >= 0.6 is 0 Å². The summed E-state index contributed by atoms with van der Waals surface area (Å²) in [6, 6.07) is 72.3. The molecule has 0 amide bonds. The molecule has 0 aliphatic carbocycles. The second kappa shape index (κ2) is 14.6. The highest BCUT2D eigenvalue weighted by Gasteiger charge is 2.21. The fraction of sp³-hybridized carbons (Fsp3) is 0.0345. The van der Waals surface area contributed by atoms with Gasteiger partial charge in [0.2, 0.25) is 5.95 Å². The third-order valence-electron chi connectivity index (χ3n) is 12.5. The van der Waals surface area contributed by atoms with E-state index in [0.29, 0.717) is 5.95 Å². The Bertz CT molecular complexity index is 3710. The summed E-state index contributed by atoms with van der Waals surface area (Å²) in [5.41, 5.74) is 13.3. The molecule has 4 nitrogen and oxygen atoms in total. The Morgan fingerprint density at radius 1 is 0.419 bits per heavy atom. The fourth-order valence-corrected chi connectivity index (χ4v) is 9.60. The average Bonchev–Trinajstić information content (AvgIpc) is 3.86. The molecule has 62 heavy (non-hydrogen) atoms. The number of allylic oxidation sites excluding steroid dienone is 1. The molecule has 0 atom stereocenters. The van der Waals surface area contributed by atoms with Crippen molar-refractivity contribution in [3.05, 3.63) is 219 Å². The van der Waals surface area contributed by atoms with Crippen molar-refractivity contribution in [2.45, 2.75) is 12.8 Å². The van der Waals surface area contributed by atoms with Crippen molar-refractivity contribution in [3.8, 4) is 45.1 Å². The lowest BCUT2D eigenvalue weighted by molar-refractivity contribution is 0.892. The fourth-order valence-electron chi connectivity index (χ4n) is 9.60. The van der Waals surface area contributed by atoms with E-state index in [-0.39, 0.29) is 0 Å². The number of fused-ring (bicyclic) bond motifs is 9. The van der Waals surface area contributed by atoms with E-state index in [4.69, 9.17) is 9.97 Å². The van der Waals surface area contributed by atoms with Crippen molar-refractivity contribution >= 4 is 65.2 Å². The van der Waals surface area contributed by atoms with Crippen molar-refractivity contribution in [1.82, 2.24) is 19.1 Å². The summed E-state index contributed by atoms with van der Waals surface area (Å²) in [6.07, 6.45) is 3.55. The van der Waals surface area contributed by atoms with Crippen molar-refractivity contribution in [1.29, 1.82) is 0 Å². The predicted molar refractivity (Wildman–Crippen MR) is 261 cm³/mol. The number of hydrogen-bond acceptors (Lipinski definition) is 2. The van der Waals surface area contributed by atoms with Gasteiger partial charge in [-0.15, -0.1) is 6.58 Å². The van der Waals surface area contributed by atoms with Crippen LogP contribution in [0.15, 0.2) is 213 Å². The zero-order valence-electron chi connectivity index (χ0n) is 34.0. The van der Waals surface area contributed by atoms with E-state index >= 15 is 0 Å². The number of rotatable bonds is 8. The third kappa shape index (κ3) is 5.83. The molecule has 0 spiro atoms. The molecule has 0 unspecified atom stereocenters. The lowest BCUT2D eigenvalue weighted by Crippen LogP contribution is -2.05. The number of para-hydroxylation sites is 3.